The Labute approximate surface area is 82.3 Å². The van der Waals surface area contributed by atoms with Gasteiger partial charge in [-0.2, -0.15) is 5.10 Å². The molecule has 1 atom stereocenters. The molecule has 78 valence electrons. The molecule has 1 aromatic rings. The fraction of sp³-hybridized carbons (Fsp3) is 0.625. The SMILES string of the molecule is CC(CCN)C(=O)NCc1ncn[nH]1. The Balaban J connectivity index is 2.27. The Kier molecular flexibility index (Phi) is 4.06. The zero-order valence-corrected chi connectivity index (χ0v) is 8.16. The first-order chi connectivity index (χ1) is 6.74. The normalized spacial score (nSPS) is 12.4. The Morgan fingerprint density at radius 1 is 1.79 bits per heavy atom. The number of hydrogen-bond acceptors (Lipinski definition) is 4. The van der Waals surface area contributed by atoms with E-state index < -0.39 is 0 Å². The first-order valence-electron chi connectivity index (χ1n) is 4.56. The van der Waals surface area contributed by atoms with Crippen molar-refractivity contribution in [3.8, 4) is 0 Å². The van der Waals surface area contributed by atoms with Crippen LogP contribution in [0.4, 0.5) is 0 Å². The molecule has 0 aliphatic carbocycles. The third kappa shape index (κ3) is 3.14. The Bertz CT molecular complexity index is 271. The van der Waals surface area contributed by atoms with Gasteiger partial charge in [-0.15, -0.1) is 0 Å². The molecule has 0 bridgehead atoms. The van der Waals surface area contributed by atoms with Gasteiger partial charge < -0.3 is 11.1 Å². The van der Waals surface area contributed by atoms with E-state index in [0.717, 1.165) is 0 Å². The number of H-pyrrole nitrogens is 1. The highest BCUT2D eigenvalue weighted by molar-refractivity contribution is 5.78. The van der Waals surface area contributed by atoms with Crippen LogP contribution < -0.4 is 11.1 Å². The van der Waals surface area contributed by atoms with E-state index in [1.54, 1.807) is 0 Å². The van der Waals surface area contributed by atoms with Crippen LogP contribution >= 0.6 is 0 Å². The minimum absolute atomic E-state index is 0.00755. The van der Waals surface area contributed by atoms with Gasteiger partial charge in [0.05, 0.1) is 6.54 Å². The van der Waals surface area contributed by atoms with Crippen molar-refractivity contribution >= 4 is 5.91 Å². The van der Waals surface area contributed by atoms with Crippen molar-refractivity contribution in [2.24, 2.45) is 11.7 Å². The Morgan fingerprint density at radius 3 is 3.14 bits per heavy atom. The van der Waals surface area contributed by atoms with E-state index in [4.69, 9.17) is 5.73 Å². The van der Waals surface area contributed by atoms with Gasteiger partial charge in [0.25, 0.3) is 0 Å². The van der Waals surface area contributed by atoms with Gasteiger partial charge in [0.1, 0.15) is 12.2 Å². The molecule has 0 saturated carbocycles. The van der Waals surface area contributed by atoms with Crippen LogP contribution in [0.15, 0.2) is 6.33 Å². The lowest BCUT2D eigenvalue weighted by molar-refractivity contribution is -0.124. The molecule has 6 heteroatoms. The third-order valence-corrected chi connectivity index (χ3v) is 1.94. The van der Waals surface area contributed by atoms with Gasteiger partial charge in [-0.25, -0.2) is 4.98 Å². The smallest absolute Gasteiger partial charge is 0.223 e. The molecule has 1 aromatic heterocycles. The number of nitrogens with one attached hydrogen (secondary N) is 2. The van der Waals surface area contributed by atoms with Gasteiger partial charge in [0.15, 0.2) is 0 Å². The monoisotopic (exact) mass is 197 g/mol. The molecule has 1 amide bonds. The molecule has 0 saturated heterocycles. The van der Waals surface area contributed by atoms with Crippen LogP contribution in [0.25, 0.3) is 0 Å². The lowest BCUT2D eigenvalue weighted by atomic mass is 10.1. The van der Waals surface area contributed by atoms with Crippen molar-refractivity contribution < 1.29 is 4.79 Å². The van der Waals surface area contributed by atoms with Gasteiger partial charge >= 0.3 is 0 Å². The summed E-state index contributed by atoms with van der Waals surface area (Å²) in [5.41, 5.74) is 5.35. The number of aromatic amines is 1. The van der Waals surface area contributed by atoms with Gasteiger partial charge in [-0.1, -0.05) is 6.92 Å². The van der Waals surface area contributed by atoms with Crippen molar-refractivity contribution in [2.45, 2.75) is 19.9 Å². The number of carbonyl (C=O) groups excluding carboxylic acids is 1. The van der Waals surface area contributed by atoms with Crippen LogP contribution in [-0.4, -0.2) is 27.6 Å². The first kappa shape index (κ1) is 10.6. The summed E-state index contributed by atoms with van der Waals surface area (Å²) in [6, 6.07) is 0. The highest BCUT2D eigenvalue weighted by atomic mass is 16.1. The van der Waals surface area contributed by atoms with Gasteiger partial charge in [0.2, 0.25) is 5.91 Å². The molecule has 0 aromatic carbocycles. The summed E-state index contributed by atoms with van der Waals surface area (Å²) in [6.45, 7) is 2.76. The van der Waals surface area contributed by atoms with Gasteiger partial charge in [-0.05, 0) is 13.0 Å². The predicted octanol–water partition coefficient (Wildman–Crippen LogP) is -0.594. The molecule has 0 aliphatic heterocycles. The van der Waals surface area contributed by atoms with Crippen molar-refractivity contribution in [1.29, 1.82) is 0 Å². The van der Waals surface area contributed by atoms with Crippen LogP contribution in [0.2, 0.25) is 0 Å². The molecule has 1 heterocycles. The van der Waals surface area contributed by atoms with Crippen LogP contribution in [-0.2, 0) is 11.3 Å². The number of aromatic nitrogens is 3. The maximum atomic E-state index is 11.4. The van der Waals surface area contributed by atoms with E-state index in [0.29, 0.717) is 25.3 Å². The van der Waals surface area contributed by atoms with E-state index in [9.17, 15) is 4.79 Å². The zero-order chi connectivity index (χ0) is 10.4. The quantitative estimate of drug-likeness (QED) is 0.587. The van der Waals surface area contributed by atoms with E-state index in [2.05, 4.69) is 20.5 Å². The predicted molar refractivity (Wildman–Crippen MR) is 51.1 cm³/mol. The van der Waals surface area contributed by atoms with E-state index in [1.807, 2.05) is 6.92 Å². The maximum Gasteiger partial charge on any atom is 0.223 e. The van der Waals surface area contributed by atoms with Crippen LogP contribution in [0.3, 0.4) is 0 Å². The van der Waals surface area contributed by atoms with E-state index in [1.165, 1.54) is 6.33 Å². The average molecular weight is 197 g/mol. The molecular weight excluding hydrogens is 182 g/mol. The van der Waals surface area contributed by atoms with Gasteiger partial charge in [0, 0.05) is 5.92 Å². The second-order valence-electron chi connectivity index (χ2n) is 3.13. The summed E-state index contributed by atoms with van der Waals surface area (Å²) >= 11 is 0. The highest BCUT2D eigenvalue weighted by Crippen LogP contribution is 1.99. The van der Waals surface area contributed by atoms with E-state index >= 15 is 0 Å². The Morgan fingerprint density at radius 2 is 2.57 bits per heavy atom. The van der Waals surface area contributed by atoms with Crippen LogP contribution in [0.5, 0.6) is 0 Å². The van der Waals surface area contributed by atoms with Crippen molar-refractivity contribution in [3.05, 3.63) is 12.2 Å². The minimum Gasteiger partial charge on any atom is -0.349 e. The fourth-order valence-corrected chi connectivity index (χ4v) is 1.04. The maximum absolute atomic E-state index is 11.4. The lowest BCUT2D eigenvalue weighted by Gasteiger charge is -2.09. The number of nitrogens with two attached hydrogens (primary N) is 1. The molecule has 0 radical (unpaired) electrons. The molecular formula is C8H15N5O. The highest BCUT2D eigenvalue weighted by Gasteiger charge is 2.11. The summed E-state index contributed by atoms with van der Waals surface area (Å²) in [5.74, 6) is 0.591. The average Bonchev–Trinajstić information content (AvgIpc) is 2.67. The minimum atomic E-state index is -0.0529. The third-order valence-electron chi connectivity index (χ3n) is 1.94. The van der Waals surface area contributed by atoms with Crippen molar-refractivity contribution in [1.82, 2.24) is 20.5 Å². The summed E-state index contributed by atoms with van der Waals surface area (Å²) < 4.78 is 0. The fourth-order valence-electron chi connectivity index (χ4n) is 1.04. The summed E-state index contributed by atoms with van der Waals surface area (Å²) in [7, 11) is 0. The van der Waals surface area contributed by atoms with Crippen molar-refractivity contribution in [3.63, 3.8) is 0 Å². The first-order valence-corrected chi connectivity index (χ1v) is 4.56. The number of rotatable bonds is 5. The summed E-state index contributed by atoms with van der Waals surface area (Å²) in [5, 5.41) is 9.08. The molecule has 0 fully saturated rings. The second-order valence-corrected chi connectivity index (χ2v) is 3.13. The number of hydrogen-bond donors (Lipinski definition) is 3. The number of nitrogens with zero attached hydrogens (tertiary/aromatic N) is 2. The molecule has 6 nitrogen and oxygen atoms in total. The lowest BCUT2D eigenvalue weighted by Crippen LogP contribution is -2.30. The molecule has 4 N–H and O–H groups in total. The number of carbonyl (C=O) groups is 1. The summed E-state index contributed by atoms with van der Waals surface area (Å²) in [4.78, 5) is 15.3. The van der Waals surface area contributed by atoms with Gasteiger partial charge in [-0.3, -0.25) is 9.89 Å². The Hall–Kier alpha value is -1.43. The molecule has 1 rings (SSSR count). The topological polar surface area (TPSA) is 96.7 Å². The molecule has 14 heavy (non-hydrogen) atoms. The van der Waals surface area contributed by atoms with Crippen LogP contribution in [0, 0.1) is 5.92 Å². The molecule has 1 unspecified atom stereocenters. The zero-order valence-electron chi connectivity index (χ0n) is 8.16. The standard InChI is InChI=1S/C8H15N5O/c1-6(2-3-9)8(14)10-4-7-11-5-12-13-7/h5-6H,2-4,9H2,1H3,(H,10,14)(H,11,12,13). The number of amides is 1. The van der Waals surface area contributed by atoms with Crippen molar-refractivity contribution in [2.75, 3.05) is 6.54 Å². The van der Waals surface area contributed by atoms with Crippen LogP contribution in [0.1, 0.15) is 19.2 Å². The van der Waals surface area contributed by atoms with E-state index in [-0.39, 0.29) is 11.8 Å². The molecule has 0 aliphatic rings. The second kappa shape index (κ2) is 5.33. The largest absolute Gasteiger partial charge is 0.349 e. The summed E-state index contributed by atoms with van der Waals surface area (Å²) in [6.07, 6.45) is 2.10. The molecule has 0 spiro atoms.